The maximum Gasteiger partial charge on any atom is 0.416 e. The first-order valence-electron chi connectivity index (χ1n) is 15.3. The Bertz CT molecular complexity index is 1620. The van der Waals surface area contributed by atoms with Crippen molar-refractivity contribution in [3.05, 3.63) is 100 Å². The van der Waals surface area contributed by atoms with Gasteiger partial charge in [0.25, 0.3) is 0 Å². The van der Waals surface area contributed by atoms with E-state index in [0.717, 1.165) is 74.8 Å². The highest BCUT2D eigenvalue weighted by Crippen LogP contribution is 2.34. The molecule has 1 fully saturated rings. The molecule has 0 bridgehead atoms. The lowest BCUT2D eigenvalue weighted by molar-refractivity contribution is -0.137. The van der Waals surface area contributed by atoms with Gasteiger partial charge in [-0.05, 0) is 96.6 Å². The molecular weight excluding hydrogens is 606 g/mol. The summed E-state index contributed by atoms with van der Waals surface area (Å²) in [4.78, 5) is 15.3. The predicted octanol–water partition coefficient (Wildman–Crippen LogP) is 7.07. The van der Waals surface area contributed by atoms with E-state index < -0.39 is 44.4 Å². The highest BCUT2D eigenvalue weighted by Gasteiger charge is 2.33. The van der Waals surface area contributed by atoms with Crippen LogP contribution in [0.15, 0.2) is 71.6 Å². The lowest BCUT2D eigenvalue weighted by Gasteiger charge is -2.38. The number of hydrogen-bond acceptors (Lipinski definition) is 4. The molecule has 11 heteroatoms. The number of nitrogens with one attached hydrogen (secondary N) is 2. The van der Waals surface area contributed by atoms with Crippen LogP contribution < -0.4 is 10.0 Å². The Kier molecular flexibility index (Phi) is 9.72. The van der Waals surface area contributed by atoms with Crippen LogP contribution >= 0.6 is 0 Å². The van der Waals surface area contributed by atoms with Crippen molar-refractivity contribution in [3.63, 3.8) is 0 Å². The smallest absolute Gasteiger partial charge is 0.349 e. The zero-order valence-corrected chi connectivity index (χ0v) is 26.3. The molecule has 3 aromatic rings. The fourth-order valence-corrected chi connectivity index (χ4v) is 7.78. The van der Waals surface area contributed by atoms with Gasteiger partial charge in [-0.15, -0.1) is 0 Å². The zero-order chi connectivity index (χ0) is 32.4. The van der Waals surface area contributed by atoms with Crippen molar-refractivity contribution in [2.24, 2.45) is 5.41 Å². The average molecular weight is 646 g/mol. The van der Waals surface area contributed by atoms with Gasteiger partial charge in [0.1, 0.15) is 5.82 Å². The summed E-state index contributed by atoms with van der Waals surface area (Å²) in [7, 11) is -4.48. The van der Waals surface area contributed by atoms with E-state index in [4.69, 9.17) is 0 Å². The maximum absolute atomic E-state index is 13.7. The fourth-order valence-electron chi connectivity index (χ4n) is 6.51. The second kappa shape index (κ2) is 13.2. The number of benzene rings is 3. The summed E-state index contributed by atoms with van der Waals surface area (Å²) >= 11 is 0. The van der Waals surface area contributed by atoms with Crippen molar-refractivity contribution < 1.29 is 30.8 Å². The lowest BCUT2D eigenvalue weighted by Crippen LogP contribution is -2.39. The number of halogens is 4. The number of aryl methyl sites for hydroxylation is 1. The number of rotatable bonds is 9. The molecular formula is C34H39F4N3O3S. The Balaban J connectivity index is 1.31. The van der Waals surface area contributed by atoms with Crippen molar-refractivity contribution in [1.29, 1.82) is 0 Å². The first-order valence-corrected chi connectivity index (χ1v) is 16.8. The summed E-state index contributed by atoms with van der Waals surface area (Å²) in [6.45, 7) is 7.60. The molecule has 3 aromatic carbocycles. The minimum atomic E-state index is -4.73. The third-order valence-electron chi connectivity index (χ3n) is 8.67. The molecule has 1 saturated heterocycles. The molecule has 6 nitrogen and oxygen atoms in total. The van der Waals surface area contributed by atoms with Crippen LogP contribution in [-0.2, 0) is 34.0 Å². The van der Waals surface area contributed by atoms with Gasteiger partial charge in [-0.25, -0.2) is 17.5 Å². The zero-order valence-electron chi connectivity index (χ0n) is 25.5. The molecule has 0 aromatic heterocycles. The standard InChI is InChI=1S/C34H39F4N3O3S/c1-33(2)16-5-17-41(22-33)21-23-10-15-29-25(18-23)6-3-9-30(29)39-32(42)20-31(24-11-13-27(35)14-12-24)40-45(43,44)28-8-4-7-26(19-28)34(36,37)38/h4,7-8,10-15,18-19,30-31,40H,3,5-6,9,16-17,20-22H2,1-2H3,(H,39,42). The van der Waals surface area contributed by atoms with Crippen molar-refractivity contribution in [3.8, 4) is 0 Å². The van der Waals surface area contributed by atoms with Gasteiger partial charge in [-0.2, -0.15) is 13.2 Å². The Morgan fingerprint density at radius 1 is 1.04 bits per heavy atom. The molecule has 2 atom stereocenters. The Labute approximate surface area is 262 Å². The number of amides is 1. The summed E-state index contributed by atoms with van der Waals surface area (Å²) in [6.07, 6.45) is -0.167. The molecule has 1 heterocycles. The first kappa shape index (κ1) is 33.1. The topological polar surface area (TPSA) is 78.5 Å². The Hall–Kier alpha value is -3.28. The number of likely N-dealkylation sites (tertiary alicyclic amines) is 1. The van der Waals surface area contributed by atoms with Crippen LogP contribution in [0.1, 0.15) is 85.9 Å². The number of carbonyl (C=O) groups is 1. The van der Waals surface area contributed by atoms with Gasteiger partial charge in [-0.3, -0.25) is 9.69 Å². The van der Waals surface area contributed by atoms with Gasteiger partial charge in [0.05, 0.1) is 22.5 Å². The Morgan fingerprint density at radius 2 is 1.80 bits per heavy atom. The maximum atomic E-state index is 13.7. The SMILES string of the molecule is CC1(C)CCCN(Cc2ccc3c(c2)CCCC3NC(=O)CC(NS(=O)(=O)c2cccc(C(F)(F)F)c2)c2ccc(F)cc2)C1. The molecule has 1 aliphatic heterocycles. The fraction of sp³-hybridized carbons (Fsp3) is 0.441. The third-order valence-corrected chi connectivity index (χ3v) is 10.1. The molecule has 0 saturated carbocycles. The highest BCUT2D eigenvalue weighted by atomic mass is 32.2. The summed E-state index contributed by atoms with van der Waals surface area (Å²) in [5.41, 5.74) is 2.94. The van der Waals surface area contributed by atoms with Crippen LogP contribution in [0.5, 0.6) is 0 Å². The molecule has 2 unspecified atom stereocenters. The van der Waals surface area contributed by atoms with Crippen LogP contribution in [-0.4, -0.2) is 32.3 Å². The van der Waals surface area contributed by atoms with Crippen molar-refractivity contribution >= 4 is 15.9 Å². The van der Waals surface area contributed by atoms with Gasteiger partial charge in [0.2, 0.25) is 15.9 Å². The number of piperidine rings is 1. The van der Waals surface area contributed by atoms with E-state index in [9.17, 15) is 30.8 Å². The van der Waals surface area contributed by atoms with Gasteiger partial charge in [0.15, 0.2) is 0 Å². The number of carbonyl (C=O) groups excluding carboxylic acids is 1. The number of nitrogens with zero attached hydrogens (tertiary/aromatic N) is 1. The van der Waals surface area contributed by atoms with Crippen molar-refractivity contribution in [1.82, 2.24) is 14.9 Å². The van der Waals surface area contributed by atoms with Crippen molar-refractivity contribution in [2.45, 2.75) is 82.1 Å². The summed E-state index contributed by atoms with van der Waals surface area (Å²) < 4.78 is 82.3. The van der Waals surface area contributed by atoms with Crippen LogP contribution in [0, 0.1) is 11.2 Å². The van der Waals surface area contributed by atoms with E-state index in [2.05, 4.69) is 47.0 Å². The molecule has 45 heavy (non-hydrogen) atoms. The second-order valence-corrected chi connectivity index (χ2v) is 14.7. The van der Waals surface area contributed by atoms with Gasteiger partial charge in [0, 0.05) is 19.5 Å². The minimum Gasteiger partial charge on any atom is -0.349 e. The minimum absolute atomic E-state index is 0.266. The van der Waals surface area contributed by atoms with Crippen LogP contribution in [0.3, 0.4) is 0 Å². The molecule has 0 spiro atoms. The summed E-state index contributed by atoms with van der Waals surface area (Å²) in [5, 5.41) is 3.05. The summed E-state index contributed by atoms with van der Waals surface area (Å²) in [5.74, 6) is -0.988. The molecule has 2 N–H and O–H groups in total. The summed E-state index contributed by atoms with van der Waals surface area (Å²) in [6, 6.07) is 13.3. The van der Waals surface area contributed by atoms with E-state index in [1.807, 2.05) is 0 Å². The van der Waals surface area contributed by atoms with Gasteiger partial charge >= 0.3 is 6.18 Å². The molecule has 2 aliphatic rings. The largest absolute Gasteiger partial charge is 0.416 e. The Morgan fingerprint density at radius 3 is 2.51 bits per heavy atom. The van der Waals surface area contributed by atoms with Gasteiger partial charge < -0.3 is 5.32 Å². The van der Waals surface area contributed by atoms with E-state index in [-0.39, 0.29) is 12.5 Å². The molecule has 5 rings (SSSR count). The molecule has 0 radical (unpaired) electrons. The van der Waals surface area contributed by atoms with Crippen LogP contribution in [0.4, 0.5) is 17.6 Å². The predicted molar refractivity (Wildman–Crippen MR) is 164 cm³/mol. The van der Waals surface area contributed by atoms with Crippen molar-refractivity contribution in [2.75, 3.05) is 13.1 Å². The van der Waals surface area contributed by atoms with E-state index in [1.165, 1.54) is 36.1 Å². The number of alkyl halides is 3. The first-order chi connectivity index (χ1) is 21.2. The number of hydrogen-bond donors (Lipinski definition) is 2. The third kappa shape index (κ3) is 8.51. The molecule has 1 amide bonds. The van der Waals surface area contributed by atoms with Crippen LogP contribution in [0.25, 0.3) is 0 Å². The van der Waals surface area contributed by atoms with E-state index in [1.54, 1.807) is 0 Å². The van der Waals surface area contributed by atoms with E-state index in [0.29, 0.717) is 17.0 Å². The molecule has 1 aliphatic carbocycles. The van der Waals surface area contributed by atoms with Crippen LogP contribution in [0.2, 0.25) is 0 Å². The van der Waals surface area contributed by atoms with Gasteiger partial charge in [-0.1, -0.05) is 50.2 Å². The molecule has 242 valence electrons. The number of sulfonamides is 1. The quantitative estimate of drug-likeness (QED) is 0.244. The highest BCUT2D eigenvalue weighted by molar-refractivity contribution is 7.89. The lowest BCUT2D eigenvalue weighted by atomic mass is 9.83. The van der Waals surface area contributed by atoms with E-state index >= 15 is 0 Å². The monoisotopic (exact) mass is 645 g/mol. The number of fused-ring (bicyclic) bond motifs is 1. The average Bonchev–Trinajstić information content (AvgIpc) is 2.96. The second-order valence-electron chi connectivity index (χ2n) is 13.0. The normalized spacial score (nSPS) is 19.5.